The topological polar surface area (TPSA) is 59.2 Å². The molecule has 0 unspecified atom stereocenters. The third kappa shape index (κ3) is 1.75. The number of rotatable bonds is 3. The molecular weight excluding hydrogens is 178 g/mol. The lowest BCUT2D eigenvalue weighted by molar-refractivity contribution is 0.0876. The van der Waals surface area contributed by atoms with Crippen LogP contribution >= 0.6 is 0 Å². The Labute approximate surface area is 82.7 Å². The van der Waals surface area contributed by atoms with Crippen LogP contribution in [-0.2, 0) is 0 Å². The number of carbonyl (C=O) groups is 1. The SMILES string of the molecule is Nc1ncccc1C(=O)CN1CCC1. The summed E-state index contributed by atoms with van der Waals surface area (Å²) < 4.78 is 0. The zero-order valence-electron chi connectivity index (χ0n) is 7.94. The summed E-state index contributed by atoms with van der Waals surface area (Å²) in [4.78, 5) is 17.7. The summed E-state index contributed by atoms with van der Waals surface area (Å²) in [6.07, 6.45) is 2.78. The van der Waals surface area contributed by atoms with E-state index in [1.807, 2.05) is 0 Å². The molecule has 1 aromatic heterocycles. The van der Waals surface area contributed by atoms with E-state index in [0.717, 1.165) is 13.1 Å². The van der Waals surface area contributed by atoms with E-state index < -0.39 is 0 Å². The Morgan fingerprint density at radius 2 is 2.36 bits per heavy atom. The first-order valence-electron chi connectivity index (χ1n) is 4.73. The molecule has 1 saturated heterocycles. The second-order valence-electron chi connectivity index (χ2n) is 3.49. The number of anilines is 1. The van der Waals surface area contributed by atoms with Crippen molar-refractivity contribution in [2.75, 3.05) is 25.4 Å². The summed E-state index contributed by atoms with van der Waals surface area (Å²) in [6, 6.07) is 3.46. The second-order valence-corrected chi connectivity index (χ2v) is 3.49. The smallest absolute Gasteiger partial charge is 0.180 e. The summed E-state index contributed by atoms with van der Waals surface area (Å²) in [7, 11) is 0. The molecule has 0 amide bonds. The zero-order valence-corrected chi connectivity index (χ0v) is 7.94. The summed E-state index contributed by atoms with van der Waals surface area (Å²) in [5.74, 6) is 0.397. The van der Waals surface area contributed by atoms with Crippen LogP contribution in [0.1, 0.15) is 16.8 Å². The molecule has 4 nitrogen and oxygen atoms in total. The first-order valence-corrected chi connectivity index (χ1v) is 4.73. The third-order valence-electron chi connectivity index (χ3n) is 2.45. The van der Waals surface area contributed by atoms with Gasteiger partial charge in [-0.05, 0) is 31.6 Å². The molecule has 0 atom stereocenters. The number of nitrogens with zero attached hydrogens (tertiary/aromatic N) is 2. The zero-order chi connectivity index (χ0) is 9.97. The highest BCUT2D eigenvalue weighted by atomic mass is 16.1. The second kappa shape index (κ2) is 3.75. The molecule has 0 aliphatic carbocycles. The molecule has 0 bridgehead atoms. The van der Waals surface area contributed by atoms with Crippen molar-refractivity contribution in [1.82, 2.24) is 9.88 Å². The highest BCUT2D eigenvalue weighted by molar-refractivity contribution is 6.01. The highest BCUT2D eigenvalue weighted by Gasteiger charge is 2.19. The number of aromatic nitrogens is 1. The van der Waals surface area contributed by atoms with Crippen molar-refractivity contribution < 1.29 is 4.79 Å². The van der Waals surface area contributed by atoms with Crippen molar-refractivity contribution in [1.29, 1.82) is 0 Å². The fraction of sp³-hybridized carbons (Fsp3) is 0.400. The highest BCUT2D eigenvalue weighted by Crippen LogP contribution is 2.11. The van der Waals surface area contributed by atoms with E-state index in [1.165, 1.54) is 6.42 Å². The monoisotopic (exact) mass is 191 g/mol. The number of Topliss-reactive ketones (excluding diaryl/α,β-unsaturated/α-hetero) is 1. The summed E-state index contributed by atoms with van der Waals surface area (Å²) in [5, 5.41) is 0. The average molecular weight is 191 g/mol. The molecule has 0 aromatic carbocycles. The number of nitrogens with two attached hydrogens (primary N) is 1. The molecule has 1 aliphatic heterocycles. The normalized spacial score (nSPS) is 16.3. The van der Waals surface area contributed by atoms with Crippen LogP contribution in [-0.4, -0.2) is 35.3 Å². The van der Waals surface area contributed by atoms with E-state index in [4.69, 9.17) is 5.73 Å². The minimum absolute atomic E-state index is 0.0651. The van der Waals surface area contributed by atoms with Gasteiger partial charge in [0.1, 0.15) is 5.82 Å². The van der Waals surface area contributed by atoms with Gasteiger partial charge in [-0.2, -0.15) is 0 Å². The Balaban J connectivity index is 2.06. The van der Waals surface area contributed by atoms with E-state index in [0.29, 0.717) is 17.9 Å². The van der Waals surface area contributed by atoms with Gasteiger partial charge in [-0.25, -0.2) is 4.98 Å². The van der Waals surface area contributed by atoms with Gasteiger partial charge in [-0.15, -0.1) is 0 Å². The van der Waals surface area contributed by atoms with E-state index in [2.05, 4.69) is 9.88 Å². The molecular formula is C10H13N3O. The van der Waals surface area contributed by atoms with Gasteiger partial charge in [-0.3, -0.25) is 9.69 Å². The Morgan fingerprint density at radius 1 is 1.57 bits per heavy atom. The lowest BCUT2D eigenvalue weighted by Gasteiger charge is -2.29. The third-order valence-corrected chi connectivity index (χ3v) is 2.45. The summed E-state index contributed by atoms with van der Waals surface area (Å²) in [6.45, 7) is 2.51. The molecule has 14 heavy (non-hydrogen) atoms. The van der Waals surface area contributed by atoms with Crippen LogP contribution in [0.25, 0.3) is 0 Å². The first-order chi connectivity index (χ1) is 6.77. The van der Waals surface area contributed by atoms with Crippen molar-refractivity contribution >= 4 is 11.6 Å². The molecule has 2 rings (SSSR count). The predicted molar refractivity (Wildman–Crippen MR) is 54.0 cm³/mol. The molecule has 1 aliphatic rings. The van der Waals surface area contributed by atoms with E-state index in [-0.39, 0.29) is 5.78 Å². The van der Waals surface area contributed by atoms with Crippen molar-refractivity contribution in [2.24, 2.45) is 0 Å². The van der Waals surface area contributed by atoms with Crippen molar-refractivity contribution in [2.45, 2.75) is 6.42 Å². The van der Waals surface area contributed by atoms with Gasteiger partial charge in [0.2, 0.25) is 0 Å². The molecule has 1 fully saturated rings. The maximum Gasteiger partial charge on any atom is 0.180 e. The quantitative estimate of drug-likeness (QED) is 0.709. The van der Waals surface area contributed by atoms with Crippen LogP contribution in [0.3, 0.4) is 0 Å². The number of pyridine rings is 1. The molecule has 0 saturated carbocycles. The van der Waals surface area contributed by atoms with Crippen molar-refractivity contribution in [3.05, 3.63) is 23.9 Å². The van der Waals surface area contributed by atoms with Crippen LogP contribution in [0, 0.1) is 0 Å². The minimum Gasteiger partial charge on any atom is -0.383 e. The molecule has 2 N–H and O–H groups in total. The van der Waals surface area contributed by atoms with Gasteiger partial charge in [0.05, 0.1) is 12.1 Å². The number of nitrogen functional groups attached to an aromatic ring is 1. The minimum atomic E-state index is 0.0651. The number of hydrogen-bond donors (Lipinski definition) is 1. The molecule has 4 heteroatoms. The molecule has 2 heterocycles. The molecule has 74 valence electrons. The number of ketones is 1. The van der Waals surface area contributed by atoms with Crippen molar-refractivity contribution in [3.63, 3.8) is 0 Å². The fourth-order valence-corrected chi connectivity index (χ4v) is 1.48. The summed E-state index contributed by atoms with van der Waals surface area (Å²) in [5.41, 5.74) is 6.15. The Kier molecular flexibility index (Phi) is 2.45. The fourth-order valence-electron chi connectivity index (χ4n) is 1.48. The van der Waals surface area contributed by atoms with Crippen LogP contribution in [0.5, 0.6) is 0 Å². The molecule has 0 spiro atoms. The Bertz CT molecular complexity index is 347. The van der Waals surface area contributed by atoms with E-state index >= 15 is 0 Å². The molecule has 0 radical (unpaired) electrons. The number of likely N-dealkylation sites (tertiary alicyclic amines) is 1. The van der Waals surface area contributed by atoms with Gasteiger partial charge >= 0.3 is 0 Å². The maximum absolute atomic E-state index is 11.7. The Morgan fingerprint density at radius 3 is 2.93 bits per heavy atom. The van der Waals surface area contributed by atoms with E-state index in [9.17, 15) is 4.79 Å². The predicted octanol–water partition coefficient (Wildman–Crippen LogP) is 0.552. The van der Waals surface area contributed by atoms with Crippen LogP contribution in [0.4, 0.5) is 5.82 Å². The van der Waals surface area contributed by atoms with Crippen LogP contribution < -0.4 is 5.73 Å². The number of hydrogen-bond acceptors (Lipinski definition) is 4. The largest absolute Gasteiger partial charge is 0.383 e. The Hall–Kier alpha value is -1.42. The standard InChI is InChI=1S/C10H13N3O/c11-10-8(3-1-4-12-10)9(14)7-13-5-2-6-13/h1,3-4H,2,5-7H2,(H2,11,12). The van der Waals surface area contributed by atoms with Crippen molar-refractivity contribution in [3.8, 4) is 0 Å². The molecule has 1 aromatic rings. The van der Waals surface area contributed by atoms with Crippen LogP contribution in [0.2, 0.25) is 0 Å². The van der Waals surface area contributed by atoms with E-state index in [1.54, 1.807) is 18.3 Å². The number of carbonyl (C=O) groups excluding carboxylic acids is 1. The van der Waals surface area contributed by atoms with Gasteiger partial charge in [0, 0.05) is 6.20 Å². The van der Waals surface area contributed by atoms with Gasteiger partial charge in [0.25, 0.3) is 0 Å². The van der Waals surface area contributed by atoms with Gasteiger partial charge < -0.3 is 5.73 Å². The lowest BCUT2D eigenvalue weighted by atomic mass is 10.1. The maximum atomic E-state index is 11.7. The van der Waals surface area contributed by atoms with Gasteiger partial charge in [0.15, 0.2) is 5.78 Å². The average Bonchev–Trinajstić information content (AvgIpc) is 2.12. The summed E-state index contributed by atoms with van der Waals surface area (Å²) >= 11 is 0. The first kappa shape index (κ1) is 9.15. The van der Waals surface area contributed by atoms with Gasteiger partial charge in [-0.1, -0.05) is 0 Å². The van der Waals surface area contributed by atoms with Crippen LogP contribution in [0.15, 0.2) is 18.3 Å². The lowest BCUT2D eigenvalue weighted by Crippen LogP contribution is -2.40.